The second kappa shape index (κ2) is 8.03. The van der Waals surface area contributed by atoms with Crippen molar-refractivity contribution < 1.29 is 9.32 Å². The molecule has 2 aliphatic rings. The molecule has 0 spiro atoms. The van der Waals surface area contributed by atoms with Gasteiger partial charge in [0.25, 0.3) is 0 Å². The van der Waals surface area contributed by atoms with Crippen molar-refractivity contribution in [3.8, 4) is 11.4 Å². The van der Waals surface area contributed by atoms with E-state index in [9.17, 15) is 4.79 Å². The third-order valence-corrected chi connectivity index (χ3v) is 6.46. The van der Waals surface area contributed by atoms with Crippen molar-refractivity contribution in [3.05, 3.63) is 72.1 Å². The number of hydrogen-bond acceptors (Lipinski definition) is 5. The highest BCUT2D eigenvalue weighted by Gasteiger charge is 2.55. The summed E-state index contributed by atoms with van der Waals surface area (Å²) in [5, 5.41) is 10.9. The fraction of sp³-hybridized carbons (Fsp3) is 0.375. The Morgan fingerprint density at radius 3 is 2.57 bits per heavy atom. The van der Waals surface area contributed by atoms with Crippen molar-refractivity contribution in [1.82, 2.24) is 20.8 Å². The van der Waals surface area contributed by atoms with Gasteiger partial charge in [-0.2, -0.15) is 4.98 Å². The average molecular weight is 402 g/mol. The lowest BCUT2D eigenvalue weighted by Gasteiger charge is -2.35. The summed E-state index contributed by atoms with van der Waals surface area (Å²) in [6, 6.07) is 20.8. The zero-order valence-electron chi connectivity index (χ0n) is 16.9. The number of carbonyl (C=O) groups is 1. The van der Waals surface area contributed by atoms with Crippen LogP contribution >= 0.6 is 0 Å². The predicted molar refractivity (Wildman–Crippen MR) is 114 cm³/mol. The highest BCUT2D eigenvalue weighted by Crippen LogP contribution is 2.45. The summed E-state index contributed by atoms with van der Waals surface area (Å²) in [7, 11) is 0. The van der Waals surface area contributed by atoms with Gasteiger partial charge < -0.3 is 15.2 Å². The van der Waals surface area contributed by atoms with Crippen LogP contribution in [0.1, 0.15) is 30.7 Å². The summed E-state index contributed by atoms with van der Waals surface area (Å²) in [6.45, 7) is 0.489. The van der Waals surface area contributed by atoms with Crippen molar-refractivity contribution >= 4 is 5.91 Å². The van der Waals surface area contributed by atoms with Gasteiger partial charge in [0.15, 0.2) is 0 Å². The largest absolute Gasteiger partial charge is 0.355 e. The number of amides is 1. The zero-order chi connectivity index (χ0) is 20.4. The number of nitrogens with zero attached hydrogens (tertiary/aromatic N) is 2. The van der Waals surface area contributed by atoms with Crippen LogP contribution in [0.2, 0.25) is 0 Å². The quantitative estimate of drug-likeness (QED) is 0.635. The Morgan fingerprint density at radius 2 is 1.87 bits per heavy atom. The second-order valence-corrected chi connectivity index (χ2v) is 8.40. The monoisotopic (exact) mass is 402 g/mol. The van der Waals surface area contributed by atoms with Gasteiger partial charge >= 0.3 is 0 Å². The van der Waals surface area contributed by atoms with Crippen molar-refractivity contribution in [2.75, 3.05) is 6.54 Å². The molecule has 3 atom stereocenters. The molecule has 0 radical (unpaired) electrons. The lowest BCUT2D eigenvalue weighted by atomic mass is 9.69. The minimum Gasteiger partial charge on any atom is -0.355 e. The molecular weight excluding hydrogens is 376 g/mol. The van der Waals surface area contributed by atoms with Gasteiger partial charge in [0, 0.05) is 30.6 Å². The standard InChI is InChI=1S/C24H26N4O2/c29-23(25-14-13-21-27-22(28-30-21)18-9-5-2-6-10-18)24(15-17-7-3-1-4-8-17)16-19-11-12-20(24)26-19/h1-10,19-20,26H,11-16H2,(H,25,29)/t19-,20+,24+/m1/s1. The van der Waals surface area contributed by atoms with Crippen LogP contribution in [-0.4, -0.2) is 34.7 Å². The summed E-state index contributed by atoms with van der Waals surface area (Å²) in [5.41, 5.74) is 1.76. The van der Waals surface area contributed by atoms with E-state index in [4.69, 9.17) is 4.52 Å². The fourth-order valence-electron chi connectivity index (χ4n) is 5.00. The Bertz CT molecular complexity index is 1000. The highest BCUT2D eigenvalue weighted by atomic mass is 16.5. The molecule has 0 saturated carbocycles. The third kappa shape index (κ3) is 3.63. The molecule has 1 aromatic heterocycles. The normalized spacial score (nSPS) is 24.8. The molecule has 6 nitrogen and oxygen atoms in total. The zero-order valence-corrected chi connectivity index (χ0v) is 16.9. The van der Waals surface area contributed by atoms with Crippen LogP contribution in [0, 0.1) is 5.41 Å². The smallest absolute Gasteiger partial charge is 0.228 e. The van der Waals surface area contributed by atoms with Crippen molar-refractivity contribution in [3.63, 3.8) is 0 Å². The average Bonchev–Trinajstić information content (AvgIpc) is 3.52. The maximum Gasteiger partial charge on any atom is 0.228 e. The molecule has 2 saturated heterocycles. The van der Waals surface area contributed by atoms with E-state index in [2.05, 4.69) is 32.9 Å². The lowest BCUT2D eigenvalue weighted by Crippen LogP contribution is -2.50. The first-order valence-electron chi connectivity index (χ1n) is 10.7. The van der Waals surface area contributed by atoms with Gasteiger partial charge in [0.1, 0.15) is 0 Å². The molecule has 5 rings (SSSR count). The van der Waals surface area contributed by atoms with Gasteiger partial charge in [-0.1, -0.05) is 65.8 Å². The Balaban J connectivity index is 1.24. The van der Waals surface area contributed by atoms with Gasteiger partial charge in [-0.3, -0.25) is 4.79 Å². The molecule has 0 aliphatic carbocycles. The molecule has 2 N–H and O–H groups in total. The van der Waals surface area contributed by atoms with Crippen LogP contribution in [-0.2, 0) is 17.6 Å². The Labute approximate surface area is 176 Å². The number of rotatable bonds is 7. The van der Waals surface area contributed by atoms with E-state index in [0.717, 1.165) is 24.8 Å². The molecular formula is C24H26N4O2. The Morgan fingerprint density at radius 1 is 1.10 bits per heavy atom. The topological polar surface area (TPSA) is 80.1 Å². The van der Waals surface area contributed by atoms with Gasteiger partial charge in [0.05, 0.1) is 5.41 Å². The first-order chi connectivity index (χ1) is 14.7. The number of aromatic nitrogens is 2. The maximum absolute atomic E-state index is 13.4. The molecule has 154 valence electrons. The molecule has 2 bridgehead atoms. The van der Waals surface area contributed by atoms with E-state index in [1.54, 1.807) is 0 Å². The lowest BCUT2D eigenvalue weighted by molar-refractivity contribution is -0.132. The molecule has 30 heavy (non-hydrogen) atoms. The van der Waals surface area contributed by atoms with Crippen LogP contribution in [0.15, 0.2) is 65.2 Å². The summed E-state index contributed by atoms with van der Waals surface area (Å²) in [5.74, 6) is 1.25. The maximum atomic E-state index is 13.4. The summed E-state index contributed by atoms with van der Waals surface area (Å²) >= 11 is 0. The van der Waals surface area contributed by atoms with E-state index in [1.165, 1.54) is 12.0 Å². The second-order valence-electron chi connectivity index (χ2n) is 8.40. The number of benzene rings is 2. The van der Waals surface area contributed by atoms with Crippen molar-refractivity contribution in [1.29, 1.82) is 0 Å². The van der Waals surface area contributed by atoms with Crippen LogP contribution in [0.4, 0.5) is 0 Å². The van der Waals surface area contributed by atoms with E-state index in [-0.39, 0.29) is 17.4 Å². The van der Waals surface area contributed by atoms with Crippen LogP contribution in [0.25, 0.3) is 11.4 Å². The van der Waals surface area contributed by atoms with Gasteiger partial charge in [0.2, 0.25) is 17.6 Å². The molecule has 2 fully saturated rings. The summed E-state index contributed by atoms with van der Waals surface area (Å²) in [4.78, 5) is 17.8. The van der Waals surface area contributed by atoms with Gasteiger partial charge in [-0.05, 0) is 31.2 Å². The number of carbonyl (C=O) groups excluding carboxylic acids is 1. The van der Waals surface area contributed by atoms with Gasteiger partial charge in [-0.15, -0.1) is 0 Å². The third-order valence-electron chi connectivity index (χ3n) is 6.46. The van der Waals surface area contributed by atoms with Crippen LogP contribution in [0.3, 0.4) is 0 Å². The Hall–Kier alpha value is -2.99. The molecule has 2 aliphatic heterocycles. The summed E-state index contributed by atoms with van der Waals surface area (Å²) in [6.07, 6.45) is 4.42. The number of fused-ring (bicyclic) bond motifs is 2. The van der Waals surface area contributed by atoms with E-state index in [0.29, 0.717) is 30.7 Å². The molecule has 2 aromatic carbocycles. The molecule has 3 aromatic rings. The SMILES string of the molecule is O=C(NCCc1nc(-c2ccccc2)no1)[C@@]1(Cc2ccccc2)C[C@H]2CC[C@@H]1N2. The minimum atomic E-state index is -0.381. The first-order valence-corrected chi connectivity index (χ1v) is 10.7. The van der Waals surface area contributed by atoms with E-state index < -0.39 is 0 Å². The number of nitrogens with one attached hydrogen (secondary N) is 2. The minimum absolute atomic E-state index is 0.133. The van der Waals surface area contributed by atoms with Crippen LogP contribution in [0.5, 0.6) is 0 Å². The molecule has 6 heteroatoms. The number of hydrogen-bond donors (Lipinski definition) is 2. The van der Waals surface area contributed by atoms with E-state index >= 15 is 0 Å². The van der Waals surface area contributed by atoms with Crippen molar-refractivity contribution in [2.24, 2.45) is 5.41 Å². The molecule has 1 amide bonds. The van der Waals surface area contributed by atoms with E-state index in [1.807, 2.05) is 48.5 Å². The molecule has 3 heterocycles. The molecule has 0 unspecified atom stereocenters. The fourth-order valence-corrected chi connectivity index (χ4v) is 5.00. The van der Waals surface area contributed by atoms with Crippen molar-refractivity contribution in [2.45, 2.75) is 44.2 Å². The van der Waals surface area contributed by atoms with Gasteiger partial charge in [-0.25, -0.2) is 0 Å². The predicted octanol–water partition coefficient (Wildman–Crippen LogP) is 3.15. The van der Waals surface area contributed by atoms with Crippen LogP contribution < -0.4 is 10.6 Å². The summed E-state index contributed by atoms with van der Waals surface area (Å²) < 4.78 is 5.37. The Kier molecular flexibility index (Phi) is 5.09. The highest BCUT2D eigenvalue weighted by molar-refractivity contribution is 5.84. The first kappa shape index (κ1) is 19.0.